The van der Waals surface area contributed by atoms with Gasteiger partial charge in [-0.3, -0.25) is 34.2 Å². The molecule has 0 unspecified atom stereocenters. The first-order valence-electron chi connectivity index (χ1n) is 22.2. The third-order valence-corrected chi connectivity index (χ3v) is 13.7. The van der Waals surface area contributed by atoms with Gasteiger partial charge in [0, 0.05) is 74.3 Å². The number of nitrogens with one attached hydrogen (secondary N) is 3. The Morgan fingerprint density at radius 3 is 2.53 bits per heavy atom. The minimum absolute atomic E-state index is 0.0815. The van der Waals surface area contributed by atoms with Crippen molar-refractivity contribution in [2.24, 2.45) is 0 Å². The number of imide groups is 1. The van der Waals surface area contributed by atoms with Gasteiger partial charge in [-0.25, -0.2) is 9.37 Å². The molecule has 2 aromatic carbocycles. The number of hydrogen-bond donors (Lipinski definition) is 3. The van der Waals surface area contributed by atoms with E-state index in [1.54, 1.807) is 22.9 Å². The Balaban J connectivity index is 0.749. The lowest BCUT2D eigenvalue weighted by atomic mass is 9.82. The number of piperidine rings is 3. The molecule has 3 N–H and O–H groups in total. The molecule has 4 aromatic rings. The highest BCUT2D eigenvalue weighted by atomic mass is 35.5. The maximum atomic E-state index is 15.9. The van der Waals surface area contributed by atoms with Gasteiger partial charge in [0.05, 0.1) is 23.9 Å². The number of carbonyl (C=O) groups is 4. The molecule has 1 aliphatic carbocycles. The quantitative estimate of drug-likeness (QED) is 0.162. The number of anilines is 3. The van der Waals surface area contributed by atoms with E-state index in [1.807, 2.05) is 44.2 Å². The van der Waals surface area contributed by atoms with E-state index >= 15 is 4.39 Å². The van der Waals surface area contributed by atoms with Crippen LogP contribution < -0.4 is 31.1 Å². The lowest BCUT2D eigenvalue weighted by Crippen LogP contribution is -2.54. The van der Waals surface area contributed by atoms with Crippen LogP contribution in [0.3, 0.4) is 0 Å². The van der Waals surface area contributed by atoms with Gasteiger partial charge in [0.15, 0.2) is 18.2 Å². The molecule has 6 heterocycles. The van der Waals surface area contributed by atoms with Crippen LogP contribution in [-0.4, -0.2) is 118 Å². The highest BCUT2D eigenvalue weighted by Gasteiger charge is 2.42. The highest BCUT2D eigenvalue weighted by molar-refractivity contribution is 6.33. The first-order valence-corrected chi connectivity index (χ1v) is 22.6. The number of nitrogens with zero attached hydrogens (tertiary/aromatic N) is 6. The second-order valence-electron chi connectivity index (χ2n) is 17.8. The number of fused-ring (bicyclic) bond motifs is 2. The zero-order valence-electron chi connectivity index (χ0n) is 36.1. The van der Waals surface area contributed by atoms with Crippen molar-refractivity contribution < 1.29 is 33.0 Å². The van der Waals surface area contributed by atoms with Crippen molar-refractivity contribution in [2.75, 3.05) is 50.1 Å². The smallest absolute Gasteiger partial charge is 0.293 e. The third kappa shape index (κ3) is 8.76. The molecule has 0 bridgehead atoms. The van der Waals surface area contributed by atoms with E-state index in [0.717, 1.165) is 54.3 Å². The van der Waals surface area contributed by atoms with Crippen LogP contribution in [0.25, 0.3) is 10.9 Å². The fourth-order valence-corrected chi connectivity index (χ4v) is 9.97. The molecule has 18 heteroatoms. The van der Waals surface area contributed by atoms with Gasteiger partial charge in [0.25, 0.3) is 17.4 Å². The fraction of sp³-hybridized carbons (Fsp3) is 0.500. The van der Waals surface area contributed by atoms with Gasteiger partial charge in [-0.1, -0.05) is 23.7 Å². The van der Waals surface area contributed by atoms with E-state index in [9.17, 15) is 24.0 Å². The number of hydrogen-bond acceptors (Lipinski definition) is 12. The predicted molar refractivity (Wildman–Crippen MR) is 238 cm³/mol. The molecule has 3 saturated heterocycles. The van der Waals surface area contributed by atoms with Crippen molar-refractivity contribution >= 4 is 63.6 Å². The van der Waals surface area contributed by atoms with Gasteiger partial charge in [0.1, 0.15) is 17.2 Å². The zero-order valence-corrected chi connectivity index (χ0v) is 36.9. The highest BCUT2D eigenvalue weighted by Crippen LogP contribution is 2.39. The van der Waals surface area contributed by atoms with Gasteiger partial charge >= 0.3 is 0 Å². The van der Waals surface area contributed by atoms with E-state index < -0.39 is 18.1 Å². The molecule has 3 atom stereocenters. The van der Waals surface area contributed by atoms with Crippen molar-refractivity contribution in [3.63, 3.8) is 0 Å². The summed E-state index contributed by atoms with van der Waals surface area (Å²) in [4.78, 5) is 77.6. The monoisotopic (exact) mass is 897 g/mol. The number of halogens is 2. The minimum Gasteiger partial charge on any atom is -0.478 e. The number of carbonyl (C=O) groups excluding carboxylic acids is 4. The molecule has 0 radical (unpaired) electrons. The van der Waals surface area contributed by atoms with Crippen molar-refractivity contribution in [1.82, 2.24) is 35.0 Å². The summed E-state index contributed by atoms with van der Waals surface area (Å²) in [7, 11) is 1.51. The lowest BCUT2D eigenvalue weighted by Gasteiger charge is -2.47. The molecule has 9 rings (SSSR count). The predicted octanol–water partition coefficient (Wildman–Crippen LogP) is 5.00. The molecule has 4 amide bonds. The Kier molecular flexibility index (Phi) is 12.3. The van der Waals surface area contributed by atoms with Crippen LogP contribution in [0.2, 0.25) is 5.02 Å². The van der Waals surface area contributed by atoms with E-state index in [0.29, 0.717) is 60.5 Å². The normalized spacial score (nSPS) is 24.2. The Bertz CT molecular complexity index is 2540. The summed E-state index contributed by atoms with van der Waals surface area (Å²) in [6.45, 7) is 6.40. The third-order valence-electron chi connectivity index (χ3n) is 13.4. The molecule has 338 valence electrons. The number of pyridine rings is 1. The maximum absolute atomic E-state index is 15.9. The largest absolute Gasteiger partial charge is 0.478 e. The van der Waals surface area contributed by atoms with Gasteiger partial charge in [-0.15, -0.1) is 0 Å². The maximum Gasteiger partial charge on any atom is 0.293 e. The molecule has 4 aliphatic heterocycles. The minimum atomic E-state index is -1.04. The molecule has 0 spiro atoms. The average molecular weight is 898 g/mol. The lowest BCUT2D eigenvalue weighted by molar-refractivity contribution is -0.137. The number of amides is 4. The number of rotatable bonds is 12. The van der Waals surface area contributed by atoms with Gasteiger partial charge in [-0.05, 0) is 100 Å². The molecule has 1 saturated carbocycles. The van der Waals surface area contributed by atoms with E-state index in [4.69, 9.17) is 26.1 Å². The topological polar surface area (TPSA) is 180 Å². The van der Waals surface area contributed by atoms with Gasteiger partial charge in [-0.2, -0.15) is 4.98 Å². The number of alkyl halides is 1. The Hall–Kier alpha value is -5.65. The second kappa shape index (κ2) is 18.1. The standard InChI is InChI=1S/C46H53ClFN9O7/c1-25(2)57-37-7-5-29(17-27(37)18-39(45(57)62)63-24-41(59)49-3)51-42-35(47)21-50-46(53-42)54-13-10-31(11-14-54)64-32-19-30(20-32)55-15-12-33(36(48)23-55)26-4-6-34-28(16-26)22-56(44(34)61)38-8-9-40(58)52-43(38)60/h4-7,16-18,21,25,30-33,36,38H,8-15,19-20,22-24H2,1-3H3,(H,49,59)(H,50,51,53)(H,52,58,60)/t30?,32?,33-,36-,38-/m1/s1. The van der Waals surface area contributed by atoms with Crippen molar-refractivity contribution in [1.29, 1.82) is 0 Å². The Morgan fingerprint density at radius 2 is 1.80 bits per heavy atom. The summed E-state index contributed by atoms with van der Waals surface area (Å²) in [6, 6.07) is 12.3. The molecule has 64 heavy (non-hydrogen) atoms. The first-order chi connectivity index (χ1) is 30.8. The summed E-state index contributed by atoms with van der Waals surface area (Å²) in [5, 5.41) is 9.25. The number of aromatic nitrogens is 3. The molecule has 5 aliphatic rings. The molecular formula is C46H53ClFN9O7. The number of likely N-dealkylation sites (N-methyl/N-ethyl adjacent to an activating group) is 1. The summed E-state index contributed by atoms with van der Waals surface area (Å²) in [6.07, 6.45) is 5.35. The van der Waals surface area contributed by atoms with Crippen LogP contribution in [0, 0.1) is 0 Å². The molecule has 2 aromatic heterocycles. The van der Waals surface area contributed by atoms with Crippen LogP contribution in [0.4, 0.5) is 21.8 Å². The van der Waals surface area contributed by atoms with Crippen molar-refractivity contribution in [3.05, 3.63) is 80.7 Å². The molecular weight excluding hydrogens is 845 g/mol. The summed E-state index contributed by atoms with van der Waals surface area (Å²) < 4.78 is 29.7. The number of ether oxygens (including phenoxy) is 2. The zero-order chi connectivity index (χ0) is 44.8. The first kappa shape index (κ1) is 43.6. The Labute approximate surface area is 374 Å². The van der Waals surface area contributed by atoms with E-state index in [1.165, 1.54) is 11.9 Å². The SMILES string of the molecule is CNC(=O)COc1cc2cc(Nc3nc(N4CCC(OC5CC(N6CC[C@H](c7ccc8c(c7)CN([C@@H]7CCC(=O)NC7=O)C8=O)[C@H](F)C6)C5)CC4)ncc3Cl)ccc2n(C(C)C)c1=O. The van der Waals surface area contributed by atoms with Crippen molar-refractivity contribution in [3.8, 4) is 5.75 Å². The van der Waals surface area contributed by atoms with Gasteiger partial charge in [0.2, 0.25) is 17.8 Å². The summed E-state index contributed by atoms with van der Waals surface area (Å²) in [5.41, 5.74) is 3.33. The number of benzene rings is 2. The summed E-state index contributed by atoms with van der Waals surface area (Å²) >= 11 is 6.59. The van der Waals surface area contributed by atoms with E-state index in [2.05, 4.69) is 30.7 Å². The van der Waals surface area contributed by atoms with Crippen LogP contribution in [0.5, 0.6) is 5.75 Å². The van der Waals surface area contributed by atoms with Crippen LogP contribution in [0.1, 0.15) is 92.2 Å². The fourth-order valence-electron chi connectivity index (χ4n) is 9.84. The van der Waals surface area contributed by atoms with E-state index in [-0.39, 0.29) is 78.8 Å². The second-order valence-corrected chi connectivity index (χ2v) is 18.2. The Morgan fingerprint density at radius 1 is 1.00 bits per heavy atom. The average Bonchev–Trinajstić information content (AvgIpc) is 3.59. The van der Waals surface area contributed by atoms with Crippen LogP contribution in [-0.2, 0) is 25.7 Å². The number of likely N-dealkylation sites (tertiary alicyclic amines) is 1. The van der Waals surface area contributed by atoms with Gasteiger partial charge < -0.3 is 34.5 Å². The molecule has 4 fully saturated rings. The molecule has 16 nitrogen and oxygen atoms in total. The van der Waals surface area contributed by atoms with Crippen LogP contribution in [0.15, 0.2) is 53.5 Å². The van der Waals surface area contributed by atoms with Crippen molar-refractivity contribution in [2.45, 2.75) is 108 Å². The summed E-state index contributed by atoms with van der Waals surface area (Å²) in [5.74, 6) is -0.513. The van der Waals surface area contributed by atoms with Crippen LogP contribution >= 0.6 is 11.6 Å².